The van der Waals surface area contributed by atoms with Gasteiger partial charge < -0.3 is 10.1 Å². The lowest BCUT2D eigenvalue weighted by Crippen LogP contribution is -2.28. The molecule has 0 aliphatic rings. The number of benzene rings is 2. The Morgan fingerprint density at radius 3 is 2.59 bits per heavy atom. The molecule has 146 valence electrons. The molecule has 0 bridgehead atoms. The molecule has 0 unspecified atom stereocenters. The maximum absolute atomic E-state index is 13.2. The third-order valence-corrected chi connectivity index (χ3v) is 4.89. The van der Waals surface area contributed by atoms with Crippen LogP contribution in [-0.4, -0.2) is 27.5 Å². The lowest BCUT2D eigenvalue weighted by molar-refractivity contribution is -0.116. The molecule has 0 saturated carbocycles. The van der Waals surface area contributed by atoms with E-state index in [-0.39, 0.29) is 13.0 Å². The molecule has 0 aliphatic heterocycles. The third-order valence-electron chi connectivity index (χ3n) is 3.44. The molecule has 0 saturated heterocycles. The van der Waals surface area contributed by atoms with E-state index in [0.29, 0.717) is 24.1 Å². The van der Waals surface area contributed by atoms with E-state index in [1.807, 2.05) is 6.92 Å². The molecule has 2 N–H and O–H groups in total. The summed E-state index contributed by atoms with van der Waals surface area (Å²) >= 11 is 0. The van der Waals surface area contributed by atoms with Crippen LogP contribution in [0.1, 0.15) is 19.8 Å². The molecule has 2 aromatic rings. The van der Waals surface area contributed by atoms with Gasteiger partial charge >= 0.3 is 0 Å². The van der Waals surface area contributed by atoms with Gasteiger partial charge in [0.1, 0.15) is 5.75 Å². The first-order valence-corrected chi connectivity index (χ1v) is 9.77. The third kappa shape index (κ3) is 6.30. The van der Waals surface area contributed by atoms with Gasteiger partial charge in [-0.2, -0.15) is 0 Å². The van der Waals surface area contributed by atoms with Crippen molar-refractivity contribution in [3.05, 3.63) is 54.1 Å². The number of hydrogen-bond donors (Lipinski definition) is 2. The molecule has 2 rings (SSSR count). The molecule has 0 fully saturated rings. The fourth-order valence-corrected chi connectivity index (χ4v) is 3.18. The number of carbonyl (C=O) groups excluding carboxylic acids is 1. The van der Waals surface area contributed by atoms with Crippen LogP contribution in [0.25, 0.3) is 0 Å². The fourth-order valence-electron chi connectivity index (χ4n) is 2.13. The van der Waals surface area contributed by atoms with Crippen molar-refractivity contribution in [2.45, 2.75) is 24.7 Å². The zero-order valence-electron chi connectivity index (χ0n) is 14.7. The summed E-state index contributed by atoms with van der Waals surface area (Å²) in [5.41, 5.74) is 0.525. The van der Waals surface area contributed by atoms with Gasteiger partial charge in [0.15, 0.2) is 11.6 Å². The fraction of sp³-hybridized carbons (Fsp3) is 0.278. The maximum atomic E-state index is 13.2. The molecule has 0 aliphatic carbocycles. The Kier molecular flexibility index (Phi) is 7.26. The monoisotopic (exact) mass is 398 g/mol. The summed E-state index contributed by atoms with van der Waals surface area (Å²) < 4.78 is 57.8. The SMILES string of the molecule is CCCOc1cccc(NC(=O)CCNS(=O)(=O)c2ccc(F)c(F)c2)c1. The minimum absolute atomic E-state index is 0.136. The number of rotatable bonds is 9. The smallest absolute Gasteiger partial charge is 0.240 e. The first-order valence-electron chi connectivity index (χ1n) is 8.29. The van der Waals surface area contributed by atoms with Crippen LogP contribution in [0.3, 0.4) is 0 Å². The second kappa shape index (κ2) is 9.43. The van der Waals surface area contributed by atoms with E-state index in [9.17, 15) is 22.0 Å². The van der Waals surface area contributed by atoms with E-state index >= 15 is 0 Å². The average molecular weight is 398 g/mol. The number of sulfonamides is 1. The standard InChI is InChI=1S/C18H20F2N2O4S/c1-2-10-26-14-5-3-4-13(11-14)22-18(23)8-9-21-27(24,25)15-6-7-16(19)17(20)12-15/h3-7,11-12,21H,2,8-10H2,1H3,(H,22,23). The molecule has 2 aromatic carbocycles. The highest BCUT2D eigenvalue weighted by Gasteiger charge is 2.16. The molecule has 0 aromatic heterocycles. The first-order chi connectivity index (χ1) is 12.8. The van der Waals surface area contributed by atoms with E-state index in [1.165, 1.54) is 0 Å². The van der Waals surface area contributed by atoms with E-state index in [1.54, 1.807) is 24.3 Å². The summed E-state index contributed by atoms with van der Waals surface area (Å²) in [6, 6.07) is 9.10. The van der Waals surface area contributed by atoms with Crippen molar-refractivity contribution in [1.29, 1.82) is 0 Å². The number of carbonyl (C=O) groups is 1. The van der Waals surface area contributed by atoms with E-state index in [2.05, 4.69) is 10.0 Å². The molecule has 6 nitrogen and oxygen atoms in total. The predicted molar refractivity (Wildman–Crippen MR) is 97.0 cm³/mol. The van der Waals surface area contributed by atoms with Crippen molar-refractivity contribution < 1.29 is 26.7 Å². The molecular formula is C18H20F2N2O4S. The number of nitrogens with one attached hydrogen (secondary N) is 2. The van der Waals surface area contributed by atoms with Crippen LogP contribution >= 0.6 is 0 Å². The minimum atomic E-state index is -4.04. The Morgan fingerprint density at radius 2 is 1.89 bits per heavy atom. The Balaban J connectivity index is 1.87. The van der Waals surface area contributed by atoms with Gasteiger partial charge in [-0.3, -0.25) is 4.79 Å². The number of anilines is 1. The van der Waals surface area contributed by atoms with E-state index < -0.39 is 32.5 Å². The summed E-state index contributed by atoms with van der Waals surface area (Å²) in [5.74, 6) is -2.19. The topological polar surface area (TPSA) is 84.5 Å². The van der Waals surface area contributed by atoms with Gasteiger partial charge in [0.25, 0.3) is 0 Å². The van der Waals surface area contributed by atoms with E-state index in [0.717, 1.165) is 18.6 Å². The molecule has 0 spiro atoms. The van der Waals surface area contributed by atoms with Crippen molar-refractivity contribution in [3.8, 4) is 5.75 Å². The summed E-state index contributed by atoms with van der Waals surface area (Å²) in [6.07, 6.45) is 0.720. The van der Waals surface area contributed by atoms with Crippen LogP contribution in [0.4, 0.5) is 14.5 Å². The van der Waals surface area contributed by atoms with Gasteiger partial charge in [0.05, 0.1) is 11.5 Å². The summed E-state index contributed by atoms with van der Waals surface area (Å²) in [6.45, 7) is 2.34. The summed E-state index contributed by atoms with van der Waals surface area (Å²) in [5, 5.41) is 2.64. The normalized spacial score (nSPS) is 11.2. The van der Waals surface area contributed by atoms with Gasteiger partial charge in [-0.1, -0.05) is 13.0 Å². The maximum Gasteiger partial charge on any atom is 0.240 e. The average Bonchev–Trinajstić information content (AvgIpc) is 2.62. The number of halogens is 2. The molecule has 27 heavy (non-hydrogen) atoms. The van der Waals surface area contributed by atoms with Crippen molar-refractivity contribution in [2.24, 2.45) is 0 Å². The highest BCUT2D eigenvalue weighted by atomic mass is 32.2. The first kappa shape index (κ1) is 20.8. The second-order valence-electron chi connectivity index (χ2n) is 5.65. The molecule has 0 atom stereocenters. The Bertz CT molecular complexity index is 904. The lowest BCUT2D eigenvalue weighted by atomic mass is 10.3. The summed E-state index contributed by atoms with van der Waals surface area (Å²) in [4.78, 5) is 11.5. The molecule has 1 amide bonds. The Hall–Kier alpha value is -2.52. The predicted octanol–water partition coefficient (Wildman–Crippen LogP) is 3.06. The zero-order chi connectivity index (χ0) is 19.9. The van der Waals surface area contributed by atoms with Crippen LogP contribution in [0.5, 0.6) is 5.75 Å². The Labute approximate surface area is 156 Å². The van der Waals surface area contributed by atoms with Crippen LogP contribution < -0.4 is 14.8 Å². The largest absolute Gasteiger partial charge is 0.494 e. The van der Waals surface area contributed by atoms with Crippen LogP contribution in [0.15, 0.2) is 47.4 Å². The van der Waals surface area contributed by atoms with Gasteiger partial charge in [0, 0.05) is 24.7 Å². The van der Waals surface area contributed by atoms with Crippen LogP contribution in [0.2, 0.25) is 0 Å². The van der Waals surface area contributed by atoms with Crippen molar-refractivity contribution in [2.75, 3.05) is 18.5 Å². The number of ether oxygens (including phenoxy) is 1. The molecular weight excluding hydrogens is 378 g/mol. The van der Waals surface area contributed by atoms with Crippen LogP contribution in [0, 0.1) is 11.6 Å². The molecule has 0 heterocycles. The highest BCUT2D eigenvalue weighted by Crippen LogP contribution is 2.18. The van der Waals surface area contributed by atoms with Gasteiger partial charge in [-0.25, -0.2) is 21.9 Å². The quantitative estimate of drug-likeness (QED) is 0.680. The second-order valence-corrected chi connectivity index (χ2v) is 7.42. The van der Waals surface area contributed by atoms with Crippen molar-refractivity contribution >= 4 is 21.6 Å². The van der Waals surface area contributed by atoms with Crippen molar-refractivity contribution in [1.82, 2.24) is 4.72 Å². The zero-order valence-corrected chi connectivity index (χ0v) is 15.5. The Morgan fingerprint density at radius 1 is 1.11 bits per heavy atom. The van der Waals surface area contributed by atoms with Gasteiger partial charge in [0.2, 0.25) is 15.9 Å². The van der Waals surface area contributed by atoms with Gasteiger partial charge in [-0.15, -0.1) is 0 Å². The minimum Gasteiger partial charge on any atom is -0.494 e. The lowest BCUT2D eigenvalue weighted by Gasteiger charge is -2.09. The van der Waals surface area contributed by atoms with Gasteiger partial charge in [-0.05, 0) is 36.8 Å². The molecule has 9 heteroatoms. The van der Waals surface area contributed by atoms with E-state index in [4.69, 9.17) is 4.74 Å². The highest BCUT2D eigenvalue weighted by molar-refractivity contribution is 7.89. The molecule has 0 radical (unpaired) electrons. The number of amides is 1. The van der Waals surface area contributed by atoms with Crippen LogP contribution in [-0.2, 0) is 14.8 Å². The van der Waals surface area contributed by atoms with Crippen molar-refractivity contribution in [3.63, 3.8) is 0 Å². The number of hydrogen-bond acceptors (Lipinski definition) is 4. The summed E-state index contributed by atoms with van der Waals surface area (Å²) in [7, 11) is -4.04.